The molecule has 0 unspecified atom stereocenters. The molecular formula is C18H13F3N2O2. The first-order chi connectivity index (χ1) is 11.9. The van der Waals surface area contributed by atoms with E-state index in [2.05, 4.69) is 4.99 Å². The second-order valence-corrected chi connectivity index (χ2v) is 5.54. The van der Waals surface area contributed by atoms with Gasteiger partial charge in [-0.15, -0.1) is 0 Å². The molecule has 7 heteroatoms. The number of amides is 1. The molecule has 3 rings (SSSR count). The van der Waals surface area contributed by atoms with Crippen LogP contribution >= 0.6 is 0 Å². The van der Waals surface area contributed by atoms with Gasteiger partial charge in [-0.2, -0.15) is 18.2 Å². The van der Waals surface area contributed by atoms with Crippen LogP contribution in [0.2, 0.25) is 0 Å². The molecule has 1 aliphatic heterocycles. The van der Waals surface area contributed by atoms with E-state index >= 15 is 0 Å². The molecular weight excluding hydrogens is 333 g/mol. The molecule has 0 bridgehead atoms. The van der Waals surface area contributed by atoms with Crippen molar-refractivity contribution >= 4 is 17.5 Å². The maximum absolute atomic E-state index is 12.6. The summed E-state index contributed by atoms with van der Waals surface area (Å²) in [5, 5.41) is 0. The number of carbonyl (C=O) groups is 2. The van der Waals surface area contributed by atoms with Gasteiger partial charge in [-0.1, -0.05) is 54.6 Å². The lowest BCUT2D eigenvalue weighted by Gasteiger charge is -2.18. The van der Waals surface area contributed by atoms with Crippen LogP contribution in [0.3, 0.4) is 0 Å². The van der Waals surface area contributed by atoms with Crippen molar-refractivity contribution in [3.63, 3.8) is 0 Å². The van der Waals surface area contributed by atoms with Crippen LogP contribution in [0.15, 0.2) is 59.6 Å². The van der Waals surface area contributed by atoms with Crippen LogP contribution in [0, 0.1) is 0 Å². The Hall–Kier alpha value is -2.96. The van der Waals surface area contributed by atoms with E-state index in [0.717, 1.165) is 5.56 Å². The van der Waals surface area contributed by atoms with E-state index < -0.39 is 12.1 Å². The zero-order valence-corrected chi connectivity index (χ0v) is 13.0. The molecule has 1 aliphatic rings. The van der Waals surface area contributed by atoms with Crippen molar-refractivity contribution in [2.75, 3.05) is 6.54 Å². The van der Waals surface area contributed by atoms with Crippen molar-refractivity contribution < 1.29 is 22.8 Å². The number of ketones is 1. The normalized spacial score (nSPS) is 15.3. The highest BCUT2D eigenvalue weighted by Crippen LogP contribution is 2.25. The smallest absolute Gasteiger partial charge is 0.344 e. The summed E-state index contributed by atoms with van der Waals surface area (Å²) in [4.78, 5) is 28.3. The molecule has 25 heavy (non-hydrogen) atoms. The number of rotatable bonds is 3. The molecule has 128 valence electrons. The summed E-state index contributed by atoms with van der Waals surface area (Å²) in [6.07, 6.45) is -5.06. The lowest BCUT2D eigenvalue weighted by molar-refractivity contribution is -0.169. The number of Topliss-reactive ketones (excluding diaryl/α,β-unsaturated/α-hetero) is 1. The molecule has 0 fully saturated rings. The third-order valence-electron chi connectivity index (χ3n) is 3.80. The van der Waals surface area contributed by atoms with Crippen LogP contribution in [0.1, 0.15) is 21.5 Å². The molecule has 0 spiro atoms. The Kier molecular flexibility index (Phi) is 4.39. The Morgan fingerprint density at radius 2 is 1.64 bits per heavy atom. The molecule has 2 aromatic rings. The Bertz CT molecular complexity index is 845. The monoisotopic (exact) mass is 346 g/mol. The molecule has 1 amide bonds. The second kappa shape index (κ2) is 6.51. The van der Waals surface area contributed by atoms with E-state index in [1.165, 1.54) is 4.90 Å². The average Bonchev–Trinajstić information content (AvgIpc) is 2.92. The fourth-order valence-electron chi connectivity index (χ4n) is 2.64. The van der Waals surface area contributed by atoms with E-state index in [1.807, 2.05) is 0 Å². The zero-order valence-electron chi connectivity index (χ0n) is 13.0. The number of fused-ring (bicyclic) bond motifs is 1. The first-order valence-corrected chi connectivity index (χ1v) is 7.47. The van der Waals surface area contributed by atoms with Gasteiger partial charge >= 0.3 is 12.1 Å². The summed E-state index contributed by atoms with van der Waals surface area (Å²) >= 11 is 0. The van der Waals surface area contributed by atoms with Crippen LogP contribution < -0.4 is 0 Å². The number of aliphatic imine (C=N–C) groups is 1. The third-order valence-corrected chi connectivity index (χ3v) is 3.80. The predicted octanol–water partition coefficient (Wildman–Crippen LogP) is 3.22. The number of halogens is 3. The van der Waals surface area contributed by atoms with Crippen molar-refractivity contribution in [3.8, 4) is 0 Å². The topological polar surface area (TPSA) is 49.7 Å². The highest BCUT2D eigenvalue weighted by Gasteiger charge is 2.40. The number of alkyl halides is 3. The molecule has 1 heterocycles. The largest absolute Gasteiger partial charge is 0.473 e. The van der Waals surface area contributed by atoms with E-state index in [1.54, 1.807) is 54.6 Å². The fraction of sp³-hybridized carbons (Fsp3) is 0.167. The van der Waals surface area contributed by atoms with Gasteiger partial charge in [0.25, 0.3) is 0 Å². The van der Waals surface area contributed by atoms with Gasteiger partial charge < -0.3 is 4.90 Å². The van der Waals surface area contributed by atoms with Crippen LogP contribution in [-0.2, 0) is 11.3 Å². The second-order valence-electron chi connectivity index (χ2n) is 5.54. The van der Waals surface area contributed by atoms with Gasteiger partial charge in [0.2, 0.25) is 0 Å². The van der Waals surface area contributed by atoms with Crippen LogP contribution in [0.4, 0.5) is 13.2 Å². The van der Waals surface area contributed by atoms with Gasteiger partial charge in [0.15, 0.2) is 5.78 Å². The maximum Gasteiger partial charge on any atom is 0.473 e. The summed E-state index contributed by atoms with van der Waals surface area (Å²) in [6, 6.07) is 15.1. The number of hydrogen-bond acceptors (Lipinski definition) is 2. The molecule has 0 atom stereocenters. The summed E-state index contributed by atoms with van der Waals surface area (Å²) in [7, 11) is 0. The minimum atomic E-state index is -5.06. The molecule has 0 radical (unpaired) electrons. The molecule has 0 N–H and O–H groups in total. The van der Waals surface area contributed by atoms with Gasteiger partial charge in [0.05, 0.1) is 6.54 Å². The molecule has 0 aliphatic carbocycles. The molecule has 2 aromatic carbocycles. The van der Waals surface area contributed by atoms with Crippen LogP contribution in [-0.4, -0.2) is 35.1 Å². The summed E-state index contributed by atoms with van der Waals surface area (Å²) in [5.41, 5.74) is 1.60. The molecule has 0 aromatic heterocycles. The highest BCUT2D eigenvalue weighted by molar-refractivity contribution is 6.10. The van der Waals surface area contributed by atoms with Crippen molar-refractivity contribution in [2.45, 2.75) is 12.7 Å². The average molecular weight is 346 g/mol. The summed E-state index contributed by atoms with van der Waals surface area (Å²) in [5.74, 6) is -2.57. The lowest BCUT2D eigenvalue weighted by atomic mass is 10.1. The zero-order chi connectivity index (χ0) is 18.0. The Labute approximate surface area is 141 Å². The third kappa shape index (κ3) is 3.60. The first kappa shape index (κ1) is 16.9. The molecule has 4 nitrogen and oxygen atoms in total. The summed E-state index contributed by atoms with van der Waals surface area (Å²) < 4.78 is 37.8. The van der Waals surface area contributed by atoms with Gasteiger partial charge in [-0.05, 0) is 5.56 Å². The quantitative estimate of drug-likeness (QED) is 0.802. The van der Waals surface area contributed by atoms with Crippen molar-refractivity contribution in [2.24, 2.45) is 4.99 Å². The van der Waals surface area contributed by atoms with E-state index in [4.69, 9.17) is 0 Å². The number of hydrogen-bond donors (Lipinski definition) is 0. The maximum atomic E-state index is 12.6. The Balaban J connectivity index is 1.92. The minimum Gasteiger partial charge on any atom is -0.344 e. The van der Waals surface area contributed by atoms with Crippen molar-refractivity contribution in [1.29, 1.82) is 0 Å². The minimum absolute atomic E-state index is 0.123. The highest BCUT2D eigenvalue weighted by atomic mass is 19.4. The Morgan fingerprint density at radius 1 is 1.00 bits per heavy atom. The van der Waals surface area contributed by atoms with Gasteiger partial charge in [0.1, 0.15) is 5.84 Å². The molecule has 0 saturated heterocycles. The van der Waals surface area contributed by atoms with E-state index in [9.17, 15) is 22.8 Å². The number of carbonyl (C=O) groups excluding carboxylic acids is 2. The lowest BCUT2D eigenvalue weighted by Crippen LogP contribution is -2.33. The van der Waals surface area contributed by atoms with E-state index in [-0.39, 0.29) is 24.7 Å². The Morgan fingerprint density at radius 3 is 2.32 bits per heavy atom. The van der Waals surface area contributed by atoms with Gasteiger partial charge in [-0.3, -0.25) is 9.59 Å². The number of nitrogens with zero attached hydrogens (tertiary/aromatic N) is 2. The molecule has 0 saturated carbocycles. The van der Waals surface area contributed by atoms with Gasteiger partial charge in [0, 0.05) is 17.7 Å². The standard InChI is InChI=1S/C18H13F3N2O2/c19-18(20,21)17(25)22-16-14-9-5-4-8-13(14)10-23(16)11-15(24)12-6-2-1-3-7-12/h1-9H,10-11H2. The van der Waals surface area contributed by atoms with Crippen molar-refractivity contribution in [3.05, 3.63) is 71.3 Å². The van der Waals surface area contributed by atoms with Crippen LogP contribution in [0.25, 0.3) is 0 Å². The van der Waals surface area contributed by atoms with Crippen LogP contribution in [0.5, 0.6) is 0 Å². The number of benzene rings is 2. The fourth-order valence-corrected chi connectivity index (χ4v) is 2.64. The first-order valence-electron chi connectivity index (χ1n) is 7.47. The number of amidine groups is 1. The predicted molar refractivity (Wildman–Crippen MR) is 85.2 cm³/mol. The SMILES string of the molecule is O=C(CN1Cc2ccccc2C1=NC(=O)C(F)(F)F)c1ccccc1. The van der Waals surface area contributed by atoms with E-state index in [0.29, 0.717) is 11.1 Å². The van der Waals surface area contributed by atoms with Crippen molar-refractivity contribution in [1.82, 2.24) is 4.90 Å². The van der Waals surface area contributed by atoms with Gasteiger partial charge in [-0.25, -0.2) is 0 Å². The summed E-state index contributed by atoms with van der Waals surface area (Å²) in [6.45, 7) is 0.0569.